The first kappa shape index (κ1) is 16.2. The van der Waals surface area contributed by atoms with Crippen LogP contribution in [0.5, 0.6) is 0 Å². The molecule has 116 valence electrons. The Morgan fingerprint density at radius 2 is 1.85 bits per heavy atom. The molecule has 2 saturated carbocycles. The molecule has 6 unspecified atom stereocenters. The van der Waals surface area contributed by atoms with Crippen molar-refractivity contribution in [3.05, 3.63) is 12.8 Å². The van der Waals surface area contributed by atoms with E-state index >= 15 is 0 Å². The molecule has 2 aliphatic rings. The second-order valence-corrected chi connectivity index (χ2v) is 8.16. The molecular weight excluding hydrogens is 264 g/mol. The smallest absolute Gasteiger partial charge is 0.0420 e. The molecule has 0 spiro atoms. The molecule has 2 N–H and O–H groups in total. The number of rotatable bonds is 5. The van der Waals surface area contributed by atoms with Crippen LogP contribution < -0.4 is 10.0 Å². The average Bonchev–Trinajstić information content (AvgIpc) is 2.40. The molecule has 3 heteroatoms. The van der Waals surface area contributed by atoms with E-state index in [1.165, 1.54) is 38.5 Å². The summed E-state index contributed by atoms with van der Waals surface area (Å²) in [6.07, 6.45) is 10.0. The van der Waals surface area contributed by atoms with Crippen LogP contribution in [0.15, 0.2) is 12.8 Å². The van der Waals surface area contributed by atoms with E-state index in [9.17, 15) is 0 Å². The van der Waals surface area contributed by atoms with E-state index in [1.54, 1.807) is 0 Å². The minimum atomic E-state index is 0.557. The van der Waals surface area contributed by atoms with Crippen molar-refractivity contribution >= 4 is 11.9 Å². The molecule has 0 amide bonds. The van der Waals surface area contributed by atoms with Gasteiger partial charge < -0.3 is 5.32 Å². The van der Waals surface area contributed by atoms with Crippen LogP contribution >= 0.6 is 11.9 Å². The fraction of sp³-hybridized carbons (Fsp3) is 0.882. The Balaban J connectivity index is 1.85. The minimum Gasteiger partial charge on any atom is -0.387 e. The van der Waals surface area contributed by atoms with Crippen molar-refractivity contribution in [1.82, 2.24) is 10.0 Å². The molecular formula is C17H32N2S. The van der Waals surface area contributed by atoms with Crippen molar-refractivity contribution in [3.63, 3.8) is 0 Å². The Kier molecular flexibility index (Phi) is 6.28. The lowest BCUT2D eigenvalue weighted by Crippen LogP contribution is -2.50. The van der Waals surface area contributed by atoms with Crippen molar-refractivity contribution in [2.75, 3.05) is 0 Å². The molecule has 0 aromatic carbocycles. The molecule has 0 saturated heterocycles. The van der Waals surface area contributed by atoms with Gasteiger partial charge in [0.2, 0.25) is 0 Å². The Morgan fingerprint density at radius 3 is 2.55 bits per heavy atom. The van der Waals surface area contributed by atoms with Gasteiger partial charge >= 0.3 is 0 Å². The molecule has 2 rings (SSSR count). The normalized spacial score (nSPS) is 42.1. The third kappa shape index (κ3) is 4.17. The van der Waals surface area contributed by atoms with Crippen LogP contribution in [0.3, 0.4) is 0 Å². The molecule has 2 aliphatic carbocycles. The van der Waals surface area contributed by atoms with Crippen molar-refractivity contribution < 1.29 is 0 Å². The van der Waals surface area contributed by atoms with Crippen LogP contribution in [-0.4, -0.2) is 17.3 Å². The fourth-order valence-electron chi connectivity index (χ4n) is 3.93. The molecule has 20 heavy (non-hydrogen) atoms. The maximum absolute atomic E-state index is 3.84. The maximum atomic E-state index is 3.84. The van der Waals surface area contributed by atoms with Crippen LogP contribution in [0.25, 0.3) is 0 Å². The summed E-state index contributed by atoms with van der Waals surface area (Å²) >= 11 is 2.02. The predicted octanol–water partition coefficient (Wildman–Crippen LogP) is 4.34. The quantitative estimate of drug-likeness (QED) is 0.738. The summed E-state index contributed by atoms with van der Waals surface area (Å²) in [5, 5.41) is 4.26. The van der Waals surface area contributed by atoms with E-state index < -0.39 is 0 Å². The van der Waals surface area contributed by atoms with E-state index in [2.05, 4.69) is 37.4 Å². The van der Waals surface area contributed by atoms with Gasteiger partial charge in [-0.1, -0.05) is 45.7 Å². The monoisotopic (exact) mass is 296 g/mol. The summed E-state index contributed by atoms with van der Waals surface area (Å²) in [6, 6.07) is 1.14. The molecule has 0 bridgehead atoms. The topological polar surface area (TPSA) is 24.1 Å². The summed E-state index contributed by atoms with van der Waals surface area (Å²) in [5.74, 6) is 2.53. The lowest BCUT2D eigenvalue weighted by molar-refractivity contribution is 0.256. The van der Waals surface area contributed by atoms with Crippen LogP contribution in [0.2, 0.25) is 0 Å². The first-order valence-electron chi connectivity index (χ1n) is 8.40. The molecule has 0 aromatic rings. The van der Waals surface area contributed by atoms with Gasteiger partial charge in [-0.3, -0.25) is 4.72 Å². The highest BCUT2D eigenvalue weighted by molar-refractivity contribution is 7.98. The third-order valence-corrected chi connectivity index (χ3v) is 6.67. The number of hydrogen-bond donors (Lipinski definition) is 2. The van der Waals surface area contributed by atoms with E-state index in [0.717, 1.165) is 23.0 Å². The van der Waals surface area contributed by atoms with Crippen LogP contribution in [-0.2, 0) is 0 Å². The van der Waals surface area contributed by atoms with Crippen molar-refractivity contribution in [2.24, 2.45) is 17.8 Å². The third-order valence-electron chi connectivity index (χ3n) is 5.26. The zero-order valence-electron chi connectivity index (χ0n) is 13.4. The molecule has 0 heterocycles. The Bertz CT molecular complexity index is 307. The van der Waals surface area contributed by atoms with E-state index in [1.807, 2.05) is 18.1 Å². The predicted molar refractivity (Wildman–Crippen MR) is 90.6 cm³/mol. The summed E-state index contributed by atoms with van der Waals surface area (Å²) < 4.78 is 3.83. The largest absolute Gasteiger partial charge is 0.387 e. The molecule has 2 fully saturated rings. The second kappa shape index (κ2) is 7.74. The Labute approximate surface area is 129 Å². The average molecular weight is 297 g/mol. The van der Waals surface area contributed by atoms with Crippen molar-refractivity contribution in [3.8, 4) is 0 Å². The van der Waals surface area contributed by atoms with Gasteiger partial charge in [0.05, 0.1) is 0 Å². The zero-order chi connectivity index (χ0) is 14.5. The summed E-state index contributed by atoms with van der Waals surface area (Å²) in [5.41, 5.74) is 0. The highest BCUT2D eigenvalue weighted by atomic mass is 32.2. The van der Waals surface area contributed by atoms with Crippen molar-refractivity contribution in [2.45, 2.75) is 76.6 Å². The van der Waals surface area contributed by atoms with Gasteiger partial charge in [-0.25, -0.2) is 0 Å². The van der Waals surface area contributed by atoms with Gasteiger partial charge in [0.25, 0.3) is 0 Å². The molecule has 6 atom stereocenters. The van der Waals surface area contributed by atoms with E-state index in [4.69, 9.17) is 0 Å². The lowest BCUT2D eigenvalue weighted by Gasteiger charge is -2.39. The summed E-state index contributed by atoms with van der Waals surface area (Å²) in [6.45, 7) is 11.1. The number of nitrogens with one attached hydrogen (secondary N) is 2. The highest BCUT2D eigenvalue weighted by Crippen LogP contribution is 2.36. The number of hydrogen-bond acceptors (Lipinski definition) is 3. The Morgan fingerprint density at radius 1 is 1.05 bits per heavy atom. The van der Waals surface area contributed by atoms with Crippen LogP contribution in [0, 0.1) is 17.8 Å². The summed E-state index contributed by atoms with van der Waals surface area (Å²) in [4.78, 5) is 0. The lowest BCUT2D eigenvalue weighted by atomic mass is 9.83. The van der Waals surface area contributed by atoms with Gasteiger partial charge in [-0.2, -0.15) is 0 Å². The van der Waals surface area contributed by atoms with Crippen LogP contribution in [0.1, 0.15) is 59.3 Å². The SMILES string of the molecule is C=CNC1CCCC(C)C1NSC1CCC(C)CC1C. The molecule has 2 nitrogen and oxygen atoms in total. The van der Waals surface area contributed by atoms with Gasteiger partial charge in [0.1, 0.15) is 0 Å². The van der Waals surface area contributed by atoms with Gasteiger partial charge in [-0.15, -0.1) is 0 Å². The van der Waals surface area contributed by atoms with Gasteiger partial charge in [0.15, 0.2) is 0 Å². The Hall–Kier alpha value is -0.150. The minimum absolute atomic E-state index is 0.557. The zero-order valence-corrected chi connectivity index (χ0v) is 14.2. The standard InChI is InChI=1S/C17H32N2S/c1-5-18-15-8-6-7-13(3)17(15)19-20-16-10-9-12(2)11-14(16)4/h5,12-19H,1,6-11H2,2-4H3. The molecule has 0 aliphatic heterocycles. The molecule has 0 aromatic heterocycles. The van der Waals surface area contributed by atoms with Crippen molar-refractivity contribution in [1.29, 1.82) is 0 Å². The van der Waals surface area contributed by atoms with Gasteiger partial charge in [0, 0.05) is 17.3 Å². The maximum Gasteiger partial charge on any atom is 0.0420 e. The van der Waals surface area contributed by atoms with E-state index in [0.29, 0.717) is 12.1 Å². The highest BCUT2D eigenvalue weighted by Gasteiger charge is 2.32. The van der Waals surface area contributed by atoms with Crippen LogP contribution in [0.4, 0.5) is 0 Å². The van der Waals surface area contributed by atoms with Gasteiger partial charge in [-0.05, 0) is 56.1 Å². The summed E-state index contributed by atoms with van der Waals surface area (Å²) in [7, 11) is 0. The van der Waals surface area contributed by atoms with E-state index in [-0.39, 0.29) is 0 Å². The first-order valence-corrected chi connectivity index (χ1v) is 9.28. The first-order chi connectivity index (χ1) is 9.61. The molecule has 0 radical (unpaired) electrons. The second-order valence-electron chi connectivity index (χ2n) is 7.08. The fourth-order valence-corrected chi connectivity index (χ4v) is 5.26.